The van der Waals surface area contributed by atoms with Crippen LogP contribution in [-0.2, 0) is 10.2 Å². The van der Waals surface area contributed by atoms with Crippen LogP contribution in [0.3, 0.4) is 0 Å². The van der Waals surface area contributed by atoms with Gasteiger partial charge in [0, 0.05) is 5.56 Å². The maximum atomic E-state index is 12.0. The number of carbonyl (C=O) groups is 1. The fraction of sp³-hybridized carbons (Fsp3) is 0.600. The molecule has 24 heavy (non-hydrogen) atoms. The lowest BCUT2D eigenvalue weighted by Crippen LogP contribution is -2.53. The number of hydrogen-bond acceptors (Lipinski definition) is 3. The fourth-order valence-corrected chi connectivity index (χ4v) is 4.96. The van der Waals surface area contributed by atoms with E-state index < -0.39 is 11.4 Å². The summed E-state index contributed by atoms with van der Waals surface area (Å²) in [4.78, 5) is 12.0. The van der Waals surface area contributed by atoms with E-state index >= 15 is 0 Å². The number of aliphatic carboxylic acids is 1. The second-order valence-corrected chi connectivity index (χ2v) is 8.26. The third-order valence-electron chi connectivity index (χ3n) is 6.57. The molecule has 1 fully saturated rings. The Balaban J connectivity index is 2.20. The van der Waals surface area contributed by atoms with Gasteiger partial charge in [-0.3, -0.25) is 4.79 Å². The Bertz CT molecular complexity index is 709. The van der Waals surface area contributed by atoms with Crippen molar-refractivity contribution in [3.05, 3.63) is 34.9 Å². The first kappa shape index (κ1) is 17.0. The molecule has 0 amide bonds. The van der Waals surface area contributed by atoms with Crippen LogP contribution in [0, 0.1) is 11.3 Å². The van der Waals surface area contributed by atoms with Gasteiger partial charge >= 0.3 is 5.97 Å². The van der Waals surface area contributed by atoms with E-state index in [1.165, 1.54) is 5.56 Å². The summed E-state index contributed by atoms with van der Waals surface area (Å²) in [5.74, 6) is -0.395. The van der Waals surface area contributed by atoms with E-state index in [1.54, 1.807) is 0 Å². The first-order chi connectivity index (χ1) is 11.2. The SMILES string of the molecule is CC(C)c1ccc2c(c1)/C(=N/O)C[C@H]1[C@](C)(C(=O)O)CCC[C@]21C. The molecule has 1 aromatic carbocycles. The normalized spacial score (nSPS) is 34.0. The molecule has 0 spiro atoms. The fourth-order valence-electron chi connectivity index (χ4n) is 4.96. The molecule has 0 aliphatic heterocycles. The lowest BCUT2D eigenvalue weighted by Gasteiger charge is -2.53. The molecule has 2 aliphatic carbocycles. The molecular formula is C20H27NO3. The quantitative estimate of drug-likeness (QED) is 0.618. The van der Waals surface area contributed by atoms with Crippen LogP contribution in [0.15, 0.2) is 23.4 Å². The van der Waals surface area contributed by atoms with Crippen LogP contribution in [0.5, 0.6) is 0 Å². The van der Waals surface area contributed by atoms with Crippen molar-refractivity contribution in [3.8, 4) is 0 Å². The number of carboxylic acid groups (broad SMARTS) is 1. The molecule has 0 bridgehead atoms. The molecule has 0 saturated heterocycles. The molecular weight excluding hydrogens is 302 g/mol. The van der Waals surface area contributed by atoms with Crippen molar-refractivity contribution in [2.75, 3.05) is 0 Å². The summed E-state index contributed by atoms with van der Waals surface area (Å²) in [6.45, 7) is 8.35. The van der Waals surface area contributed by atoms with Gasteiger partial charge in [-0.2, -0.15) is 0 Å². The molecule has 4 heteroatoms. The van der Waals surface area contributed by atoms with E-state index in [0.29, 0.717) is 24.5 Å². The third kappa shape index (κ3) is 2.27. The third-order valence-corrected chi connectivity index (χ3v) is 6.57. The van der Waals surface area contributed by atoms with Crippen molar-refractivity contribution in [1.82, 2.24) is 0 Å². The van der Waals surface area contributed by atoms with Gasteiger partial charge in [-0.15, -0.1) is 0 Å². The minimum absolute atomic E-state index is 0.0560. The van der Waals surface area contributed by atoms with Gasteiger partial charge < -0.3 is 10.3 Å². The number of oxime groups is 1. The number of fused-ring (bicyclic) bond motifs is 3. The Morgan fingerprint density at radius 1 is 1.29 bits per heavy atom. The number of hydrogen-bond donors (Lipinski definition) is 2. The van der Waals surface area contributed by atoms with E-state index in [9.17, 15) is 15.1 Å². The second-order valence-electron chi connectivity index (χ2n) is 8.26. The van der Waals surface area contributed by atoms with Crippen LogP contribution in [0.25, 0.3) is 0 Å². The molecule has 3 atom stereocenters. The van der Waals surface area contributed by atoms with E-state index in [0.717, 1.165) is 24.0 Å². The van der Waals surface area contributed by atoms with E-state index in [4.69, 9.17) is 0 Å². The summed E-state index contributed by atoms with van der Waals surface area (Å²) in [5, 5.41) is 23.0. The number of nitrogens with zero attached hydrogens (tertiary/aromatic N) is 1. The van der Waals surface area contributed by atoms with Crippen LogP contribution in [0.2, 0.25) is 0 Å². The van der Waals surface area contributed by atoms with Crippen LogP contribution in [-0.4, -0.2) is 22.0 Å². The van der Waals surface area contributed by atoms with Crippen molar-refractivity contribution in [1.29, 1.82) is 0 Å². The van der Waals surface area contributed by atoms with Crippen molar-refractivity contribution in [3.63, 3.8) is 0 Å². The topological polar surface area (TPSA) is 69.9 Å². The summed E-state index contributed by atoms with van der Waals surface area (Å²) < 4.78 is 0. The Labute approximate surface area is 143 Å². The number of carboxylic acids is 1. The maximum Gasteiger partial charge on any atom is 0.309 e. The Morgan fingerprint density at radius 2 is 2.00 bits per heavy atom. The zero-order valence-corrected chi connectivity index (χ0v) is 15.0. The van der Waals surface area contributed by atoms with Crippen LogP contribution in [0.4, 0.5) is 0 Å². The first-order valence-electron chi connectivity index (χ1n) is 8.83. The largest absolute Gasteiger partial charge is 0.481 e. The summed E-state index contributed by atoms with van der Waals surface area (Å²) in [7, 11) is 0. The van der Waals surface area contributed by atoms with Crippen molar-refractivity contribution in [2.24, 2.45) is 16.5 Å². The van der Waals surface area contributed by atoms with E-state index in [2.05, 4.69) is 44.1 Å². The van der Waals surface area contributed by atoms with Crippen LogP contribution < -0.4 is 0 Å². The van der Waals surface area contributed by atoms with Gasteiger partial charge in [-0.1, -0.05) is 44.5 Å². The van der Waals surface area contributed by atoms with Crippen molar-refractivity contribution >= 4 is 11.7 Å². The zero-order valence-electron chi connectivity index (χ0n) is 15.0. The molecule has 1 saturated carbocycles. The van der Waals surface area contributed by atoms with Crippen molar-refractivity contribution < 1.29 is 15.1 Å². The molecule has 0 radical (unpaired) electrons. The molecule has 4 nitrogen and oxygen atoms in total. The number of rotatable bonds is 2. The second kappa shape index (κ2) is 5.61. The van der Waals surface area contributed by atoms with Gasteiger partial charge in [0.05, 0.1) is 11.1 Å². The first-order valence-corrected chi connectivity index (χ1v) is 8.83. The predicted octanol–water partition coefficient (Wildman–Crippen LogP) is 4.54. The Morgan fingerprint density at radius 3 is 2.58 bits per heavy atom. The summed E-state index contributed by atoms with van der Waals surface area (Å²) >= 11 is 0. The van der Waals surface area contributed by atoms with Gasteiger partial charge in [-0.05, 0) is 60.6 Å². The smallest absolute Gasteiger partial charge is 0.309 e. The highest BCUT2D eigenvalue weighted by Gasteiger charge is 2.56. The Kier molecular flexibility index (Phi) is 3.97. The average Bonchev–Trinajstić information content (AvgIpc) is 2.54. The van der Waals surface area contributed by atoms with Crippen molar-refractivity contribution in [2.45, 2.75) is 64.7 Å². The molecule has 0 aromatic heterocycles. The minimum atomic E-state index is -0.780. The van der Waals surface area contributed by atoms with E-state index in [-0.39, 0.29) is 11.3 Å². The molecule has 0 heterocycles. The molecule has 2 N–H and O–H groups in total. The lowest BCUT2D eigenvalue weighted by atomic mass is 9.49. The molecule has 130 valence electrons. The minimum Gasteiger partial charge on any atom is -0.481 e. The summed E-state index contributed by atoms with van der Waals surface area (Å²) in [5.41, 5.74) is 3.01. The molecule has 3 rings (SSSR count). The van der Waals surface area contributed by atoms with Gasteiger partial charge in [0.25, 0.3) is 0 Å². The molecule has 0 unspecified atom stereocenters. The highest BCUT2D eigenvalue weighted by molar-refractivity contribution is 6.04. The summed E-state index contributed by atoms with van der Waals surface area (Å²) in [6, 6.07) is 6.40. The average molecular weight is 329 g/mol. The van der Waals surface area contributed by atoms with Gasteiger partial charge in [-0.25, -0.2) is 0 Å². The summed E-state index contributed by atoms with van der Waals surface area (Å²) in [6.07, 6.45) is 3.09. The van der Waals surface area contributed by atoms with Gasteiger partial charge in [0.2, 0.25) is 0 Å². The molecule has 1 aromatic rings. The van der Waals surface area contributed by atoms with Gasteiger partial charge in [0.1, 0.15) is 0 Å². The highest BCUT2D eigenvalue weighted by atomic mass is 16.4. The van der Waals surface area contributed by atoms with E-state index in [1.807, 2.05) is 6.92 Å². The maximum absolute atomic E-state index is 12.0. The van der Waals surface area contributed by atoms with Crippen LogP contribution in [0.1, 0.15) is 76.0 Å². The highest BCUT2D eigenvalue weighted by Crippen LogP contribution is 2.57. The standard InChI is InChI=1S/C20H27NO3/c1-12(2)13-6-7-15-14(10-13)16(21-24)11-17-19(15,3)8-5-9-20(17,4)18(22)23/h6-7,10,12,17,24H,5,8-9,11H2,1-4H3,(H,22,23)/b21-16+/t17-,19-,20-/m1/s1. The number of benzene rings is 1. The Hall–Kier alpha value is -1.84. The van der Waals surface area contributed by atoms with Crippen LogP contribution >= 0.6 is 0 Å². The monoisotopic (exact) mass is 329 g/mol. The lowest BCUT2D eigenvalue weighted by molar-refractivity contribution is -0.156. The zero-order chi connectivity index (χ0) is 17.7. The predicted molar refractivity (Wildman–Crippen MR) is 93.9 cm³/mol. The van der Waals surface area contributed by atoms with Gasteiger partial charge in [0.15, 0.2) is 0 Å². The molecule has 2 aliphatic rings.